The Balaban J connectivity index is 1.86. The molecule has 0 N–H and O–H groups in total. The van der Waals surface area contributed by atoms with Gasteiger partial charge in [-0.15, -0.1) is 11.3 Å². The molecule has 3 rings (SSSR count). The van der Waals surface area contributed by atoms with Gasteiger partial charge in [0.25, 0.3) is 0 Å². The number of carbonyl (C=O) groups excluding carboxylic acids is 2. The minimum absolute atomic E-state index is 0.0494. The van der Waals surface area contributed by atoms with Gasteiger partial charge >= 0.3 is 0 Å². The smallest absolute Gasteiger partial charge is 0.242 e. The van der Waals surface area contributed by atoms with Crippen LogP contribution >= 0.6 is 11.3 Å². The largest absolute Gasteiger partial charge is 0.333 e. The summed E-state index contributed by atoms with van der Waals surface area (Å²) < 4.78 is 0. The lowest BCUT2D eigenvalue weighted by molar-refractivity contribution is -0.141. The van der Waals surface area contributed by atoms with Gasteiger partial charge in [0.2, 0.25) is 11.8 Å². The Hall–Kier alpha value is -2.14. The van der Waals surface area contributed by atoms with Crippen LogP contribution in [0.3, 0.4) is 0 Å². The normalized spacial score (nSPS) is 15.8. The number of hydrogen-bond donors (Lipinski definition) is 0. The predicted octanol–water partition coefficient (Wildman–Crippen LogP) is 4.96. The van der Waals surface area contributed by atoms with Crippen molar-refractivity contribution in [1.29, 1.82) is 0 Å². The molecule has 5 heteroatoms. The number of fused-ring (bicyclic) bond motifs is 1. The second-order valence-corrected chi connectivity index (χ2v) is 8.77. The van der Waals surface area contributed by atoms with Gasteiger partial charge in [-0.1, -0.05) is 51.0 Å². The van der Waals surface area contributed by atoms with E-state index >= 15 is 0 Å². The Morgan fingerprint density at radius 2 is 1.93 bits per heavy atom. The van der Waals surface area contributed by atoms with Gasteiger partial charge in [0, 0.05) is 24.4 Å². The van der Waals surface area contributed by atoms with Crippen LogP contribution in [0.1, 0.15) is 67.1 Å². The van der Waals surface area contributed by atoms with E-state index in [1.807, 2.05) is 24.0 Å². The second kappa shape index (κ2) is 10.1. The molecular formula is C24H32N2O2S. The maximum atomic E-state index is 13.4. The van der Waals surface area contributed by atoms with Crippen LogP contribution in [0.4, 0.5) is 0 Å². The fraction of sp³-hybridized carbons (Fsp3) is 0.500. The van der Waals surface area contributed by atoms with E-state index in [0.717, 1.165) is 25.7 Å². The fourth-order valence-electron chi connectivity index (χ4n) is 4.14. The molecule has 2 amide bonds. The van der Waals surface area contributed by atoms with Gasteiger partial charge in [-0.05, 0) is 47.9 Å². The third-order valence-electron chi connectivity index (χ3n) is 5.78. The molecule has 0 saturated carbocycles. The summed E-state index contributed by atoms with van der Waals surface area (Å²) in [5.74, 6) is 0.114. The van der Waals surface area contributed by atoms with Gasteiger partial charge in [-0.3, -0.25) is 9.59 Å². The van der Waals surface area contributed by atoms with Crippen LogP contribution in [0.25, 0.3) is 0 Å². The van der Waals surface area contributed by atoms with E-state index < -0.39 is 0 Å². The first-order valence-corrected chi connectivity index (χ1v) is 11.6. The summed E-state index contributed by atoms with van der Waals surface area (Å²) in [6, 6.07) is 10.4. The van der Waals surface area contributed by atoms with E-state index in [1.54, 1.807) is 16.2 Å². The zero-order valence-corrected chi connectivity index (χ0v) is 18.6. The highest BCUT2D eigenvalue weighted by molar-refractivity contribution is 7.10. The average Bonchev–Trinajstić information content (AvgIpc) is 3.21. The Labute approximate surface area is 178 Å². The van der Waals surface area contributed by atoms with Crippen LogP contribution in [0.5, 0.6) is 0 Å². The first-order chi connectivity index (χ1) is 14.1. The number of benzene rings is 1. The molecule has 1 aliphatic rings. The van der Waals surface area contributed by atoms with Crippen molar-refractivity contribution in [3.05, 3.63) is 57.3 Å². The Bertz CT molecular complexity index is 845. The molecule has 0 aliphatic carbocycles. The maximum absolute atomic E-state index is 13.4. The van der Waals surface area contributed by atoms with Crippen molar-refractivity contribution in [3.63, 3.8) is 0 Å². The summed E-state index contributed by atoms with van der Waals surface area (Å²) in [5, 5.41) is 2.13. The predicted molar refractivity (Wildman–Crippen MR) is 119 cm³/mol. The van der Waals surface area contributed by atoms with Crippen molar-refractivity contribution in [2.45, 2.75) is 58.9 Å². The molecule has 1 aromatic carbocycles. The Morgan fingerprint density at radius 3 is 2.66 bits per heavy atom. The molecule has 0 bridgehead atoms. The third-order valence-corrected chi connectivity index (χ3v) is 6.78. The van der Waals surface area contributed by atoms with E-state index in [0.29, 0.717) is 19.5 Å². The van der Waals surface area contributed by atoms with Gasteiger partial charge in [0.05, 0.1) is 12.6 Å². The number of nitrogens with zero attached hydrogens (tertiary/aromatic N) is 2. The molecule has 0 spiro atoms. The minimum atomic E-state index is -0.0621. The third kappa shape index (κ3) is 4.89. The molecule has 0 saturated heterocycles. The number of thiophene rings is 1. The van der Waals surface area contributed by atoms with Crippen molar-refractivity contribution in [3.8, 4) is 0 Å². The van der Waals surface area contributed by atoms with E-state index in [4.69, 9.17) is 0 Å². The van der Waals surface area contributed by atoms with Gasteiger partial charge in [0.1, 0.15) is 0 Å². The number of rotatable bonds is 8. The highest BCUT2D eigenvalue weighted by Crippen LogP contribution is 2.38. The molecule has 1 aromatic heterocycles. The quantitative estimate of drug-likeness (QED) is 0.575. The summed E-state index contributed by atoms with van der Waals surface area (Å²) in [5.41, 5.74) is 3.61. The molecule has 0 unspecified atom stereocenters. The molecule has 1 atom stereocenters. The van der Waals surface area contributed by atoms with Crippen molar-refractivity contribution in [1.82, 2.24) is 9.80 Å². The first-order valence-electron chi connectivity index (χ1n) is 10.8. The van der Waals surface area contributed by atoms with Crippen molar-refractivity contribution >= 4 is 23.2 Å². The molecule has 4 nitrogen and oxygen atoms in total. The van der Waals surface area contributed by atoms with Crippen LogP contribution in [-0.4, -0.2) is 41.2 Å². The maximum Gasteiger partial charge on any atom is 0.242 e. The van der Waals surface area contributed by atoms with Crippen LogP contribution in [0.15, 0.2) is 35.7 Å². The molecule has 0 radical (unpaired) electrons. The van der Waals surface area contributed by atoms with Crippen molar-refractivity contribution in [2.24, 2.45) is 0 Å². The molecule has 2 aromatic rings. The number of hydrogen-bond acceptors (Lipinski definition) is 3. The minimum Gasteiger partial charge on any atom is -0.333 e. The summed E-state index contributed by atoms with van der Waals surface area (Å²) in [6.07, 6.45) is 4.46. The highest BCUT2D eigenvalue weighted by atomic mass is 32.1. The number of amides is 2. The summed E-state index contributed by atoms with van der Waals surface area (Å²) in [7, 11) is 0. The lowest BCUT2D eigenvalue weighted by atomic mass is 9.90. The average molecular weight is 413 g/mol. The van der Waals surface area contributed by atoms with Crippen LogP contribution in [0, 0.1) is 6.92 Å². The Kier molecular flexibility index (Phi) is 7.48. The van der Waals surface area contributed by atoms with Gasteiger partial charge in [-0.2, -0.15) is 0 Å². The summed E-state index contributed by atoms with van der Waals surface area (Å²) in [4.78, 5) is 31.0. The molecular weight excluding hydrogens is 380 g/mol. The first kappa shape index (κ1) is 21.6. The second-order valence-electron chi connectivity index (χ2n) is 7.77. The lowest BCUT2D eigenvalue weighted by Gasteiger charge is -2.38. The van der Waals surface area contributed by atoms with Crippen molar-refractivity contribution < 1.29 is 9.59 Å². The van der Waals surface area contributed by atoms with Crippen LogP contribution < -0.4 is 0 Å². The van der Waals surface area contributed by atoms with Crippen LogP contribution in [0.2, 0.25) is 0 Å². The van der Waals surface area contributed by atoms with E-state index in [-0.39, 0.29) is 24.4 Å². The monoisotopic (exact) mass is 412 g/mol. The van der Waals surface area contributed by atoms with Crippen LogP contribution in [-0.2, 0) is 16.0 Å². The van der Waals surface area contributed by atoms with E-state index in [2.05, 4.69) is 37.4 Å². The fourth-order valence-corrected chi connectivity index (χ4v) is 5.04. The molecule has 29 heavy (non-hydrogen) atoms. The summed E-state index contributed by atoms with van der Waals surface area (Å²) in [6.45, 7) is 7.67. The number of aryl methyl sites for hydroxylation is 1. The van der Waals surface area contributed by atoms with Gasteiger partial charge in [0.15, 0.2) is 0 Å². The molecule has 1 aliphatic heterocycles. The van der Waals surface area contributed by atoms with E-state index in [9.17, 15) is 9.59 Å². The van der Waals surface area contributed by atoms with E-state index in [1.165, 1.54) is 21.6 Å². The SMILES string of the molecule is CCCCCN(CC(=O)N1CCc2sccc2[C@@H]1c1ccccc1C)C(=O)CC. The van der Waals surface area contributed by atoms with Gasteiger partial charge < -0.3 is 9.80 Å². The highest BCUT2D eigenvalue weighted by Gasteiger charge is 2.34. The standard InChI is InChI=1S/C24H32N2O2S/c1-4-6-9-14-25(22(27)5-2)17-23(28)26-15-12-21-20(13-16-29-21)24(26)19-11-8-7-10-18(19)3/h7-8,10-11,13,16,24H,4-6,9,12,14-15,17H2,1-3H3/t24-/m0/s1. The molecule has 156 valence electrons. The summed E-state index contributed by atoms with van der Waals surface area (Å²) >= 11 is 1.78. The zero-order chi connectivity index (χ0) is 20.8. The topological polar surface area (TPSA) is 40.6 Å². The molecule has 2 heterocycles. The van der Waals surface area contributed by atoms with Crippen molar-refractivity contribution in [2.75, 3.05) is 19.6 Å². The molecule has 0 fully saturated rings. The Morgan fingerprint density at radius 1 is 1.14 bits per heavy atom. The zero-order valence-electron chi connectivity index (χ0n) is 17.8. The van der Waals surface area contributed by atoms with Gasteiger partial charge in [-0.25, -0.2) is 0 Å². The number of unbranched alkanes of at least 4 members (excludes halogenated alkanes) is 2. The number of carbonyl (C=O) groups is 2. The lowest BCUT2D eigenvalue weighted by Crippen LogP contribution is -2.47.